The van der Waals surface area contributed by atoms with Crippen LogP contribution in [0.5, 0.6) is 0 Å². The van der Waals surface area contributed by atoms with Crippen LogP contribution in [0, 0.1) is 0 Å². The largest absolute Gasteiger partial charge is 0.474 e. The third kappa shape index (κ3) is 11.5. The molecule has 0 saturated carbocycles. The number of benzene rings is 1. The smallest absolute Gasteiger partial charge is 0.394 e. The highest BCUT2D eigenvalue weighted by Gasteiger charge is 2.00. The molecule has 10 nitrogen and oxygen atoms in total. The van der Waals surface area contributed by atoms with Gasteiger partial charge in [0, 0.05) is 12.4 Å². The summed E-state index contributed by atoms with van der Waals surface area (Å²) in [7, 11) is 0. The number of primary amides is 2. The van der Waals surface area contributed by atoms with Gasteiger partial charge in [0.15, 0.2) is 0 Å². The first-order chi connectivity index (χ1) is 12.2. The summed E-state index contributed by atoms with van der Waals surface area (Å²) >= 11 is 0. The second-order valence-electron chi connectivity index (χ2n) is 4.21. The van der Waals surface area contributed by atoms with E-state index >= 15 is 0 Å². The molecule has 0 aliphatic heterocycles. The maximum Gasteiger partial charge on any atom is 0.394 e. The Bertz CT molecular complexity index is 673. The van der Waals surface area contributed by atoms with Crippen molar-refractivity contribution in [2.45, 2.75) is 0 Å². The maximum atomic E-state index is 9.32. The second-order valence-corrected chi connectivity index (χ2v) is 4.21. The van der Waals surface area contributed by atoms with E-state index in [9.17, 15) is 19.2 Å². The zero-order chi connectivity index (χ0) is 19.9. The van der Waals surface area contributed by atoms with Crippen molar-refractivity contribution in [1.82, 2.24) is 9.97 Å². The van der Waals surface area contributed by atoms with E-state index in [0.29, 0.717) is 0 Å². The molecule has 26 heavy (non-hydrogen) atoms. The summed E-state index contributed by atoms with van der Waals surface area (Å²) in [6.07, 6.45) is 9.05. The molecule has 1 heterocycles. The lowest BCUT2D eigenvalue weighted by Gasteiger charge is -1.91. The zero-order valence-corrected chi connectivity index (χ0v) is 13.4. The molecule has 10 heteroatoms. The second kappa shape index (κ2) is 12.4. The molecule has 1 aromatic carbocycles. The number of nitrogens with zero attached hydrogens (tertiary/aromatic N) is 2. The molecule has 0 aliphatic rings. The van der Waals surface area contributed by atoms with Crippen molar-refractivity contribution in [2.75, 3.05) is 0 Å². The fraction of sp³-hybridized carbons (Fsp3) is 0. The van der Waals surface area contributed by atoms with Crippen molar-refractivity contribution in [2.24, 2.45) is 11.5 Å². The van der Waals surface area contributed by atoms with Gasteiger partial charge in [0.1, 0.15) is 0 Å². The van der Waals surface area contributed by atoms with Gasteiger partial charge in [-0.15, -0.1) is 0 Å². The number of aliphatic carboxylic acids is 2. The number of nitrogens with two attached hydrogens (primary N) is 2. The molecule has 0 fully saturated rings. The van der Waals surface area contributed by atoms with Crippen molar-refractivity contribution in [3.63, 3.8) is 0 Å². The monoisotopic (exact) mass is 360 g/mol. The highest BCUT2D eigenvalue weighted by Crippen LogP contribution is 2.04. The molecule has 2 rings (SSSR count). The van der Waals surface area contributed by atoms with Gasteiger partial charge in [-0.2, -0.15) is 0 Å². The normalized spacial score (nSPS) is 9.08. The Morgan fingerprint density at radius 3 is 1.73 bits per heavy atom. The molecule has 136 valence electrons. The Morgan fingerprint density at radius 2 is 1.35 bits per heavy atom. The number of carboxylic acids is 2. The topological polar surface area (TPSA) is 187 Å². The molecule has 0 aliphatic carbocycles. The molecule has 2 aromatic rings. The molecule has 0 saturated heterocycles. The maximum absolute atomic E-state index is 9.32. The molecule has 0 atom stereocenters. The van der Waals surface area contributed by atoms with E-state index in [1.165, 1.54) is 0 Å². The van der Waals surface area contributed by atoms with Crippen LogP contribution in [0.25, 0.3) is 12.2 Å². The van der Waals surface area contributed by atoms with Crippen LogP contribution in [0.4, 0.5) is 0 Å². The summed E-state index contributed by atoms with van der Waals surface area (Å²) in [5.41, 5.74) is 10.4. The minimum absolute atomic E-state index is 0.872. The van der Waals surface area contributed by atoms with Crippen LogP contribution in [0.2, 0.25) is 0 Å². The average Bonchev–Trinajstić information content (AvgIpc) is 2.62. The van der Waals surface area contributed by atoms with E-state index in [2.05, 4.69) is 21.4 Å². The summed E-state index contributed by atoms with van der Waals surface area (Å²) in [5, 5.41) is 15.0. The molecule has 0 radical (unpaired) electrons. The van der Waals surface area contributed by atoms with Gasteiger partial charge in [0.2, 0.25) is 0 Å². The molecular formula is C16H16N4O6. The van der Waals surface area contributed by atoms with E-state index in [1.54, 1.807) is 18.6 Å². The van der Waals surface area contributed by atoms with E-state index in [0.717, 1.165) is 11.3 Å². The first kappa shape index (κ1) is 21.9. The highest BCUT2D eigenvalue weighted by atomic mass is 16.4. The van der Waals surface area contributed by atoms with Crippen molar-refractivity contribution >= 4 is 35.9 Å². The van der Waals surface area contributed by atoms with Crippen molar-refractivity contribution in [3.8, 4) is 0 Å². The summed E-state index contributed by atoms with van der Waals surface area (Å²) in [5.74, 6) is -5.85. The third-order valence-corrected chi connectivity index (χ3v) is 2.25. The van der Waals surface area contributed by atoms with Gasteiger partial charge in [0.25, 0.3) is 0 Å². The number of hydrogen-bond donors (Lipinski definition) is 4. The number of hydrogen-bond acceptors (Lipinski definition) is 6. The highest BCUT2D eigenvalue weighted by molar-refractivity contribution is 6.31. The van der Waals surface area contributed by atoms with Crippen LogP contribution in [0.1, 0.15) is 11.3 Å². The molecule has 0 unspecified atom stereocenters. The summed E-state index contributed by atoms with van der Waals surface area (Å²) in [6.45, 7) is 0. The quantitative estimate of drug-likeness (QED) is 0.528. The molecule has 2 amide bonds. The van der Waals surface area contributed by atoms with Gasteiger partial charge in [-0.25, -0.2) is 9.59 Å². The van der Waals surface area contributed by atoms with Gasteiger partial charge >= 0.3 is 23.8 Å². The van der Waals surface area contributed by atoms with Crippen LogP contribution < -0.4 is 11.5 Å². The summed E-state index contributed by atoms with van der Waals surface area (Å²) in [6, 6.07) is 10.1. The molecule has 6 N–H and O–H groups in total. The Kier molecular flexibility index (Phi) is 10.4. The van der Waals surface area contributed by atoms with Crippen LogP contribution in [-0.2, 0) is 19.2 Å². The number of carboxylic acid groups (broad SMARTS) is 2. The van der Waals surface area contributed by atoms with Crippen LogP contribution in [0.15, 0.2) is 48.9 Å². The van der Waals surface area contributed by atoms with Gasteiger partial charge in [-0.05, 0) is 11.6 Å². The predicted octanol–water partition coefficient (Wildman–Crippen LogP) is -0.240. The lowest BCUT2D eigenvalue weighted by molar-refractivity contribution is -0.148. The number of amides is 2. The van der Waals surface area contributed by atoms with Crippen molar-refractivity contribution < 1.29 is 29.4 Å². The van der Waals surface area contributed by atoms with Gasteiger partial charge in [-0.3, -0.25) is 19.6 Å². The zero-order valence-electron chi connectivity index (χ0n) is 13.4. The van der Waals surface area contributed by atoms with Crippen molar-refractivity contribution in [3.05, 3.63) is 60.2 Å². The lowest BCUT2D eigenvalue weighted by atomic mass is 10.2. The minimum atomic E-state index is -1.60. The number of carbonyl (C=O) groups excluding carboxylic acids is 2. The molecule has 0 spiro atoms. The summed E-state index contributed by atoms with van der Waals surface area (Å²) in [4.78, 5) is 45.2. The first-order valence-corrected chi connectivity index (χ1v) is 6.78. The van der Waals surface area contributed by atoms with Gasteiger partial charge < -0.3 is 21.7 Å². The standard InChI is InChI=1S/C12H10N2.2C2H3NO3/c1-2-4-11(5-3-1)6-7-12-10-13-8-9-14-12;2*3-1(4)2(5)6/h1-10H;2*(H2,3,4)(H,5,6). The average molecular weight is 360 g/mol. The van der Waals surface area contributed by atoms with Crippen molar-refractivity contribution in [1.29, 1.82) is 0 Å². The van der Waals surface area contributed by atoms with Gasteiger partial charge in [0.05, 0.1) is 11.9 Å². The minimum Gasteiger partial charge on any atom is -0.474 e. The van der Waals surface area contributed by atoms with Crippen LogP contribution in [0.3, 0.4) is 0 Å². The first-order valence-electron chi connectivity index (χ1n) is 6.78. The van der Waals surface area contributed by atoms with Crippen LogP contribution >= 0.6 is 0 Å². The molecule has 1 aromatic heterocycles. The third-order valence-electron chi connectivity index (χ3n) is 2.25. The summed E-state index contributed by atoms with van der Waals surface area (Å²) < 4.78 is 0. The lowest BCUT2D eigenvalue weighted by Crippen LogP contribution is -2.21. The number of aromatic nitrogens is 2. The Hall–Kier alpha value is -4.08. The molecule has 0 bridgehead atoms. The predicted molar refractivity (Wildman–Crippen MR) is 91.1 cm³/mol. The SMILES string of the molecule is C(=Cc1cnccn1)c1ccccc1.NC(=O)C(=O)O.NC(=O)C(=O)O. The number of rotatable bonds is 2. The fourth-order valence-corrected chi connectivity index (χ4v) is 1.14. The van der Waals surface area contributed by atoms with E-state index in [-0.39, 0.29) is 0 Å². The Balaban J connectivity index is 0.000000437. The molecular weight excluding hydrogens is 344 g/mol. The van der Waals surface area contributed by atoms with E-state index in [1.807, 2.05) is 42.5 Å². The van der Waals surface area contributed by atoms with Crippen LogP contribution in [-0.4, -0.2) is 43.9 Å². The van der Waals surface area contributed by atoms with Gasteiger partial charge in [-0.1, -0.05) is 36.4 Å². The van der Waals surface area contributed by atoms with E-state index in [4.69, 9.17) is 10.2 Å². The fourth-order valence-electron chi connectivity index (χ4n) is 1.14. The number of carbonyl (C=O) groups is 4. The Labute approximate surface area is 147 Å². The Morgan fingerprint density at radius 1 is 0.846 bits per heavy atom. The van der Waals surface area contributed by atoms with E-state index < -0.39 is 23.8 Å².